The van der Waals surface area contributed by atoms with Crippen molar-refractivity contribution in [2.45, 2.75) is 18.4 Å². The molecule has 2 rings (SSSR count). The zero-order valence-corrected chi connectivity index (χ0v) is 11.1. The highest BCUT2D eigenvalue weighted by Crippen LogP contribution is 2.22. The normalized spacial score (nSPS) is 11.6. The van der Waals surface area contributed by atoms with Gasteiger partial charge in [-0.25, -0.2) is 8.42 Å². The van der Waals surface area contributed by atoms with Crippen LogP contribution in [-0.4, -0.2) is 25.2 Å². The number of hydrogen-bond donors (Lipinski definition) is 2. The summed E-state index contributed by atoms with van der Waals surface area (Å²) in [5.41, 5.74) is 0.487. The molecule has 0 saturated carbocycles. The van der Waals surface area contributed by atoms with E-state index < -0.39 is 16.6 Å². The lowest BCUT2D eigenvalue weighted by Crippen LogP contribution is -2.13. The standard InChI is InChI=1S/C11H11F2N3O3S/c1-7-10(6-14-15-7)20(17,18)16-8-3-2-4-9(5-8)19-11(12)13/h2-6,11,16H,1H3,(H,14,15). The maximum Gasteiger partial charge on any atom is 0.387 e. The molecule has 0 saturated heterocycles. The van der Waals surface area contributed by atoms with Gasteiger partial charge in [0.25, 0.3) is 10.0 Å². The van der Waals surface area contributed by atoms with Gasteiger partial charge >= 0.3 is 6.61 Å². The fourth-order valence-corrected chi connectivity index (χ4v) is 2.74. The van der Waals surface area contributed by atoms with E-state index in [1.165, 1.54) is 24.3 Å². The van der Waals surface area contributed by atoms with Gasteiger partial charge in [0.15, 0.2) is 0 Å². The summed E-state index contributed by atoms with van der Waals surface area (Å²) < 4.78 is 54.8. The van der Waals surface area contributed by atoms with E-state index in [1.807, 2.05) is 0 Å². The number of alkyl halides is 2. The third kappa shape index (κ3) is 3.23. The van der Waals surface area contributed by atoms with Gasteiger partial charge in [-0.3, -0.25) is 9.82 Å². The van der Waals surface area contributed by atoms with Crippen molar-refractivity contribution in [3.8, 4) is 5.75 Å². The van der Waals surface area contributed by atoms with Crippen LogP contribution in [0.2, 0.25) is 0 Å². The summed E-state index contributed by atoms with van der Waals surface area (Å²) in [6, 6.07) is 5.29. The molecular formula is C11H11F2N3O3S. The minimum absolute atomic E-state index is 0.0160. The number of sulfonamides is 1. The largest absolute Gasteiger partial charge is 0.435 e. The molecule has 0 aliphatic heterocycles. The highest BCUT2D eigenvalue weighted by atomic mass is 32.2. The Kier molecular flexibility index (Phi) is 3.89. The van der Waals surface area contributed by atoms with E-state index >= 15 is 0 Å². The molecule has 9 heteroatoms. The third-order valence-corrected chi connectivity index (χ3v) is 3.88. The van der Waals surface area contributed by atoms with Crippen molar-refractivity contribution in [1.29, 1.82) is 0 Å². The Morgan fingerprint density at radius 1 is 1.40 bits per heavy atom. The molecule has 2 N–H and O–H groups in total. The van der Waals surface area contributed by atoms with Gasteiger partial charge in [0, 0.05) is 6.07 Å². The van der Waals surface area contributed by atoms with Crippen LogP contribution in [-0.2, 0) is 10.0 Å². The Labute approximate surface area is 113 Å². The average Bonchev–Trinajstić information content (AvgIpc) is 2.75. The number of ether oxygens (including phenoxy) is 1. The van der Waals surface area contributed by atoms with Crippen LogP contribution in [0.3, 0.4) is 0 Å². The Bertz CT molecular complexity index is 700. The summed E-state index contributed by atoms with van der Waals surface area (Å²) in [7, 11) is -3.83. The number of aromatic amines is 1. The van der Waals surface area contributed by atoms with Crippen LogP contribution in [0.25, 0.3) is 0 Å². The lowest BCUT2D eigenvalue weighted by atomic mass is 10.3. The van der Waals surface area contributed by atoms with Crippen LogP contribution in [0, 0.1) is 6.92 Å². The summed E-state index contributed by atoms with van der Waals surface area (Å²) in [6.45, 7) is -1.42. The van der Waals surface area contributed by atoms with Crippen molar-refractivity contribution in [2.24, 2.45) is 0 Å². The molecule has 0 spiro atoms. The third-order valence-electron chi connectivity index (χ3n) is 2.38. The minimum Gasteiger partial charge on any atom is -0.435 e. The van der Waals surface area contributed by atoms with E-state index in [0.29, 0.717) is 5.69 Å². The molecule has 0 bridgehead atoms. The smallest absolute Gasteiger partial charge is 0.387 e. The first-order valence-electron chi connectivity index (χ1n) is 5.46. The van der Waals surface area contributed by atoms with Crippen LogP contribution in [0.5, 0.6) is 5.75 Å². The predicted octanol–water partition coefficient (Wildman–Crippen LogP) is 2.12. The molecule has 1 heterocycles. The molecule has 108 valence electrons. The molecule has 0 amide bonds. The molecule has 0 radical (unpaired) electrons. The highest BCUT2D eigenvalue weighted by molar-refractivity contribution is 7.92. The molecule has 0 fully saturated rings. The predicted molar refractivity (Wildman–Crippen MR) is 67.2 cm³/mol. The Hall–Kier alpha value is -2.16. The second kappa shape index (κ2) is 5.45. The maximum atomic E-state index is 12.1. The van der Waals surface area contributed by atoms with Crippen molar-refractivity contribution in [2.75, 3.05) is 4.72 Å². The summed E-state index contributed by atoms with van der Waals surface area (Å²) >= 11 is 0. The molecule has 1 aromatic heterocycles. The van der Waals surface area contributed by atoms with Gasteiger partial charge in [-0.15, -0.1) is 0 Å². The summed E-state index contributed by atoms with van der Waals surface area (Å²) in [6.07, 6.45) is 1.16. The van der Waals surface area contributed by atoms with Crippen LogP contribution in [0.1, 0.15) is 5.69 Å². The fraction of sp³-hybridized carbons (Fsp3) is 0.182. The monoisotopic (exact) mass is 303 g/mol. The molecule has 2 aromatic rings. The number of benzene rings is 1. The van der Waals surface area contributed by atoms with Gasteiger partial charge in [0.05, 0.1) is 17.6 Å². The zero-order chi connectivity index (χ0) is 14.8. The van der Waals surface area contributed by atoms with Gasteiger partial charge in [-0.1, -0.05) is 6.07 Å². The number of H-pyrrole nitrogens is 1. The van der Waals surface area contributed by atoms with E-state index in [-0.39, 0.29) is 16.3 Å². The van der Waals surface area contributed by atoms with Crippen LogP contribution >= 0.6 is 0 Å². The molecule has 1 aromatic carbocycles. The first kappa shape index (κ1) is 14.3. The Balaban J connectivity index is 2.24. The number of halogens is 2. The van der Waals surface area contributed by atoms with Crippen molar-refractivity contribution in [1.82, 2.24) is 10.2 Å². The van der Waals surface area contributed by atoms with Crippen molar-refractivity contribution >= 4 is 15.7 Å². The van der Waals surface area contributed by atoms with Gasteiger partial charge < -0.3 is 4.74 Å². The number of hydrogen-bond acceptors (Lipinski definition) is 4. The number of nitrogens with one attached hydrogen (secondary N) is 2. The topological polar surface area (TPSA) is 84.1 Å². The van der Waals surface area contributed by atoms with Crippen molar-refractivity contribution < 1.29 is 21.9 Å². The second-order valence-corrected chi connectivity index (χ2v) is 5.52. The highest BCUT2D eigenvalue weighted by Gasteiger charge is 2.19. The van der Waals surface area contributed by atoms with E-state index in [9.17, 15) is 17.2 Å². The molecule has 0 aliphatic rings. The number of aromatic nitrogens is 2. The molecule has 20 heavy (non-hydrogen) atoms. The van der Waals surface area contributed by atoms with Crippen LogP contribution in [0.15, 0.2) is 35.4 Å². The summed E-state index contributed by atoms with van der Waals surface area (Å²) in [4.78, 5) is -0.0160. The van der Waals surface area contributed by atoms with E-state index in [0.717, 1.165) is 6.20 Å². The molecule has 0 aliphatic carbocycles. The molecule has 6 nitrogen and oxygen atoms in total. The first-order valence-corrected chi connectivity index (χ1v) is 6.94. The minimum atomic E-state index is -3.83. The van der Waals surface area contributed by atoms with Crippen LogP contribution < -0.4 is 9.46 Å². The molecular weight excluding hydrogens is 292 g/mol. The Morgan fingerprint density at radius 2 is 2.15 bits per heavy atom. The number of anilines is 1. The van der Waals surface area contributed by atoms with Crippen LogP contribution in [0.4, 0.5) is 14.5 Å². The SMILES string of the molecule is Cc1[nH]ncc1S(=O)(=O)Nc1cccc(OC(F)F)c1. The van der Waals surface area contributed by atoms with Crippen molar-refractivity contribution in [3.05, 3.63) is 36.2 Å². The summed E-state index contributed by atoms with van der Waals surface area (Å²) in [5.74, 6) is -0.135. The van der Waals surface area contributed by atoms with Gasteiger partial charge in [-0.2, -0.15) is 13.9 Å². The van der Waals surface area contributed by atoms with Gasteiger partial charge in [0.2, 0.25) is 0 Å². The quantitative estimate of drug-likeness (QED) is 0.886. The van der Waals surface area contributed by atoms with E-state index in [2.05, 4.69) is 19.7 Å². The van der Waals surface area contributed by atoms with E-state index in [4.69, 9.17) is 0 Å². The Morgan fingerprint density at radius 3 is 2.75 bits per heavy atom. The van der Waals surface area contributed by atoms with Crippen molar-refractivity contribution in [3.63, 3.8) is 0 Å². The number of rotatable bonds is 5. The van der Waals surface area contributed by atoms with E-state index in [1.54, 1.807) is 6.92 Å². The van der Waals surface area contributed by atoms with Gasteiger partial charge in [-0.05, 0) is 19.1 Å². The maximum absolute atomic E-state index is 12.1. The lowest BCUT2D eigenvalue weighted by Gasteiger charge is -2.09. The molecule has 0 atom stereocenters. The average molecular weight is 303 g/mol. The number of nitrogens with zero attached hydrogens (tertiary/aromatic N) is 1. The fourth-order valence-electron chi connectivity index (χ4n) is 1.56. The molecule has 0 unspecified atom stereocenters. The zero-order valence-electron chi connectivity index (χ0n) is 10.3. The first-order chi connectivity index (χ1) is 9.38. The lowest BCUT2D eigenvalue weighted by molar-refractivity contribution is -0.0497. The van der Waals surface area contributed by atoms with Gasteiger partial charge in [0.1, 0.15) is 10.6 Å². The summed E-state index contributed by atoms with van der Waals surface area (Å²) in [5, 5.41) is 6.12. The number of aryl methyl sites for hydroxylation is 1. The second-order valence-electron chi connectivity index (χ2n) is 3.87.